The molecule has 94 valence electrons. The highest BCUT2D eigenvalue weighted by atomic mass is 19.4. The average molecular weight is 242 g/mol. The lowest BCUT2D eigenvalue weighted by atomic mass is 9.90. The Morgan fingerprint density at radius 3 is 1.56 bits per heavy atom. The third kappa shape index (κ3) is 6.26. The SMILES string of the molecule is O=C(O)C(F)(F)F.O=C(O)C1CCCCC1. The van der Waals surface area contributed by atoms with Crippen molar-refractivity contribution in [1.29, 1.82) is 0 Å². The molecule has 0 bridgehead atoms. The first-order chi connectivity index (χ1) is 7.25. The molecule has 0 aromatic rings. The molecule has 0 spiro atoms. The van der Waals surface area contributed by atoms with Crippen LogP contribution in [0.3, 0.4) is 0 Å². The number of rotatable bonds is 1. The number of aliphatic carboxylic acids is 2. The zero-order valence-electron chi connectivity index (χ0n) is 8.46. The van der Waals surface area contributed by atoms with Crippen molar-refractivity contribution in [3.05, 3.63) is 0 Å². The van der Waals surface area contributed by atoms with E-state index in [9.17, 15) is 18.0 Å². The molecule has 1 saturated carbocycles. The van der Waals surface area contributed by atoms with Crippen molar-refractivity contribution in [2.75, 3.05) is 0 Å². The summed E-state index contributed by atoms with van der Waals surface area (Å²) in [6.45, 7) is 0. The van der Waals surface area contributed by atoms with E-state index in [2.05, 4.69) is 0 Å². The standard InChI is InChI=1S/C7H12O2.C2HF3O2/c8-7(9)6-4-2-1-3-5-6;3-2(4,5)1(6)7/h6H,1-5H2,(H,8,9);(H,6,7). The van der Waals surface area contributed by atoms with Gasteiger partial charge in [0.05, 0.1) is 5.92 Å². The second kappa shape index (κ2) is 6.34. The minimum absolute atomic E-state index is 0.0289. The van der Waals surface area contributed by atoms with Crippen LogP contribution >= 0.6 is 0 Å². The largest absolute Gasteiger partial charge is 0.490 e. The molecule has 1 aliphatic carbocycles. The van der Waals surface area contributed by atoms with Crippen LogP contribution < -0.4 is 0 Å². The van der Waals surface area contributed by atoms with Crippen LogP contribution in [0, 0.1) is 5.92 Å². The van der Waals surface area contributed by atoms with Crippen LogP contribution in [0.4, 0.5) is 13.2 Å². The summed E-state index contributed by atoms with van der Waals surface area (Å²) in [6.07, 6.45) is 0.155. The highest BCUT2D eigenvalue weighted by Crippen LogP contribution is 2.23. The summed E-state index contributed by atoms with van der Waals surface area (Å²) in [5.74, 6) is -3.39. The number of halogens is 3. The fourth-order valence-electron chi connectivity index (χ4n) is 1.35. The molecule has 2 N–H and O–H groups in total. The lowest BCUT2D eigenvalue weighted by Gasteiger charge is -2.16. The van der Waals surface area contributed by atoms with Crippen LogP contribution in [0.15, 0.2) is 0 Å². The zero-order chi connectivity index (χ0) is 12.8. The van der Waals surface area contributed by atoms with Gasteiger partial charge in [0.2, 0.25) is 0 Å². The molecule has 7 heteroatoms. The molecule has 1 aliphatic rings. The van der Waals surface area contributed by atoms with Gasteiger partial charge in [-0.25, -0.2) is 4.79 Å². The molecule has 0 atom stereocenters. The van der Waals surface area contributed by atoms with Crippen molar-refractivity contribution >= 4 is 11.9 Å². The fourth-order valence-corrected chi connectivity index (χ4v) is 1.35. The van der Waals surface area contributed by atoms with Gasteiger partial charge in [0.15, 0.2) is 0 Å². The molecule has 0 heterocycles. The predicted molar refractivity (Wildman–Crippen MR) is 47.9 cm³/mol. The predicted octanol–water partition coefficient (Wildman–Crippen LogP) is 2.28. The normalized spacial score (nSPS) is 17.2. The monoisotopic (exact) mass is 242 g/mol. The van der Waals surface area contributed by atoms with E-state index in [0.717, 1.165) is 25.7 Å². The van der Waals surface area contributed by atoms with Gasteiger partial charge in [-0.1, -0.05) is 19.3 Å². The summed E-state index contributed by atoms with van der Waals surface area (Å²) in [5, 5.41) is 15.7. The van der Waals surface area contributed by atoms with Crippen molar-refractivity contribution in [2.24, 2.45) is 5.92 Å². The molecule has 0 aromatic heterocycles. The molecule has 16 heavy (non-hydrogen) atoms. The molecule has 4 nitrogen and oxygen atoms in total. The second-order valence-corrected chi connectivity index (χ2v) is 3.48. The first-order valence-corrected chi connectivity index (χ1v) is 4.78. The number of hydrogen-bond acceptors (Lipinski definition) is 2. The van der Waals surface area contributed by atoms with E-state index in [1.165, 1.54) is 6.42 Å². The van der Waals surface area contributed by atoms with E-state index < -0.39 is 18.1 Å². The minimum Gasteiger partial charge on any atom is -0.481 e. The van der Waals surface area contributed by atoms with Gasteiger partial charge in [0, 0.05) is 0 Å². The van der Waals surface area contributed by atoms with Crippen molar-refractivity contribution < 1.29 is 33.0 Å². The van der Waals surface area contributed by atoms with E-state index in [1.54, 1.807) is 0 Å². The highest BCUT2D eigenvalue weighted by molar-refractivity contribution is 5.73. The van der Waals surface area contributed by atoms with Crippen LogP contribution in [0.1, 0.15) is 32.1 Å². The van der Waals surface area contributed by atoms with Crippen LogP contribution in [0.2, 0.25) is 0 Å². The van der Waals surface area contributed by atoms with Crippen LogP contribution in [-0.2, 0) is 9.59 Å². The van der Waals surface area contributed by atoms with Gasteiger partial charge in [-0.2, -0.15) is 13.2 Å². The quantitative estimate of drug-likeness (QED) is 0.739. The van der Waals surface area contributed by atoms with E-state index >= 15 is 0 Å². The summed E-state index contributed by atoms with van der Waals surface area (Å²) < 4.78 is 31.7. The highest BCUT2D eigenvalue weighted by Gasteiger charge is 2.38. The molecule has 1 rings (SSSR count). The Morgan fingerprint density at radius 2 is 1.38 bits per heavy atom. The molecular formula is C9H13F3O4. The maximum absolute atomic E-state index is 10.6. The zero-order valence-corrected chi connectivity index (χ0v) is 8.46. The second-order valence-electron chi connectivity index (χ2n) is 3.48. The van der Waals surface area contributed by atoms with Gasteiger partial charge in [-0.05, 0) is 12.8 Å². The van der Waals surface area contributed by atoms with E-state index in [1.807, 2.05) is 0 Å². The molecule has 0 saturated heterocycles. The summed E-state index contributed by atoms with van der Waals surface area (Å²) >= 11 is 0. The Hall–Kier alpha value is -1.27. The maximum Gasteiger partial charge on any atom is 0.490 e. The van der Waals surface area contributed by atoms with Crippen LogP contribution in [-0.4, -0.2) is 28.3 Å². The van der Waals surface area contributed by atoms with E-state index in [4.69, 9.17) is 15.0 Å². The lowest BCUT2D eigenvalue weighted by molar-refractivity contribution is -0.192. The smallest absolute Gasteiger partial charge is 0.481 e. The summed E-state index contributed by atoms with van der Waals surface area (Å²) in [6, 6.07) is 0. The molecule has 0 aliphatic heterocycles. The Labute approximate surface area is 90.1 Å². The van der Waals surface area contributed by atoms with Crippen molar-refractivity contribution in [1.82, 2.24) is 0 Å². The molecule has 0 radical (unpaired) electrons. The Morgan fingerprint density at radius 1 is 1.00 bits per heavy atom. The van der Waals surface area contributed by atoms with Crippen molar-refractivity contribution in [2.45, 2.75) is 38.3 Å². The number of carboxylic acids is 2. The third-order valence-electron chi connectivity index (χ3n) is 2.20. The van der Waals surface area contributed by atoms with Gasteiger partial charge in [-0.3, -0.25) is 4.79 Å². The summed E-state index contributed by atoms with van der Waals surface area (Å²) in [4.78, 5) is 19.3. The Bertz CT molecular complexity index is 244. The fraction of sp³-hybridized carbons (Fsp3) is 0.778. The van der Waals surface area contributed by atoms with Gasteiger partial charge in [0.1, 0.15) is 0 Å². The maximum atomic E-state index is 10.6. The molecule has 0 unspecified atom stereocenters. The molecule has 0 aromatic carbocycles. The van der Waals surface area contributed by atoms with Crippen molar-refractivity contribution in [3.63, 3.8) is 0 Å². The molecule has 0 amide bonds. The van der Waals surface area contributed by atoms with Crippen LogP contribution in [0.25, 0.3) is 0 Å². The van der Waals surface area contributed by atoms with Gasteiger partial charge in [-0.15, -0.1) is 0 Å². The first-order valence-electron chi connectivity index (χ1n) is 4.78. The van der Waals surface area contributed by atoms with E-state index in [-0.39, 0.29) is 5.92 Å². The first kappa shape index (κ1) is 14.7. The van der Waals surface area contributed by atoms with Crippen LogP contribution in [0.5, 0.6) is 0 Å². The van der Waals surface area contributed by atoms with Crippen molar-refractivity contribution in [3.8, 4) is 0 Å². The molecule has 1 fully saturated rings. The van der Waals surface area contributed by atoms with E-state index in [0.29, 0.717) is 0 Å². The number of alkyl halides is 3. The summed E-state index contributed by atoms with van der Waals surface area (Å²) in [7, 11) is 0. The average Bonchev–Trinajstić information content (AvgIpc) is 2.18. The Kier molecular flexibility index (Phi) is 5.84. The van der Waals surface area contributed by atoms with Gasteiger partial charge < -0.3 is 10.2 Å². The number of carbonyl (C=O) groups is 2. The Balaban J connectivity index is 0.000000293. The number of hydrogen-bond donors (Lipinski definition) is 2. The molecular weight excluding hydrogens is 229 g/mol. The summed E-state index contributed by atoms with van der Waals surface area (Å²) in [5.41, 5.74) is 0. The third-order valence-corrected chi connectivity index (χ3v) is 2.20. The topological polar surface area (TPSA) is 74.6 Å². The number of carboxylic acid groups (broad SMARTS) is 2. The van der Waals surface area contributed by atoms with Gasteiger partial charge in [0.25, 0.3) is 0 Å². The van der Waals surface area contributed by atoms with Gasteiger partial charge >= 0.3 is 18.1 Å². The minimum atomic E-state index is -5.08. The lowest BCUT2D eigenvalue weighted by Crippen LogP contribution is -2.21.